The Morgan fingerprint density at radius 2 is 1.70 bits per heavy atom. The summed E-state index contributed by atoms with van der Waals surface area (Å²) >= 11 is 0. The lowest BCUT2D eigenvalue weighted by Gasteiger charge is -2.26. The number of methoxy groups -OCH3 is 1. The summed E-state index contributed by atoms with van der Waals surface area (Å²) in [5, 5.41) is 10.1. The van der Waals surface area contributed by atoms with Crippen LogP contribution >= 0.6 is 0 Å². The second kappa shape index (κ2) is 5.94. The van der Waals surface area contributed by atoms with Gasteiger partial charge in [-0.15, -0.1) is 0 Å². The van der Waals surface area contributed by atoms with Gasteiger partial charge in [0.1, 0.15) is 5.75 Å². The minimum Gasteiger partial charge on any atom is -0.504 e. The first-order chi connectivity index (χ1) is 9.41. The average molecular weight is 278 g/mol. The summed E-state index contributed by atoms with van der Waals surface area (Å²) in [7, 11) is 1.63. The average Bonchev–Trinajstić information content (AvgIpc) is 2.40. The number of phenolic OH excluding ortho intramolecular Hbond substituents is 1. The van der Waals surface area contributed by atoms with Gasteiger partial charge in [-0.1, -0.05) is 27.2 Å². The molecule has 0 aliphatic heterocycles. The maximum atomic E-state index is 10.1. The van der Waals surface area contributed by atoms with Crippen LogP contribution < -0.4 is 9.47 Å². The van der Waals surface area contributed by atoms with Gasteiger partial charge in [-0.3, -0.25) is 0 Å². The van der Waals surface area contributed by atoms with Crippen LogP contribution in [-0.4, -0.2) is 18.3 Å². The molecule has 0 heterocycles. The van der Waals surface area contributed by atoms with Crippen LogP contribution in [0.25, 0.3) is 0 Å². The lowest BCUT2D eigenvalue weighted by molar-refractivity contribution is 0.149. The topological polar surface area (TPSA) is 38.7 Å². The highest BCUT2D eigenvalue weighted by atomic mass is 16.5. The summed E-state index contributed by atoms with van der Waals surface area (Å²) in [5.41, 5.74) is 1.01. The van der Waals surface area contributed by atoms with Gasteiger partial charge in [0.2, 0.25) is 0 Å². The molecule has 0 aromatic heterocycles. The summed E-state index contributed by atoms with van der Waals surface area (Å²) in [6.45, 7) is 6.39. The fraction of sp³-hybridized carbons (Fsp3) is 0.647. The van der Waals surface area contributed by atoms with E-state index in [2.05, 4.69) is 20.8 Å². The Hall–Kier alpha value is -1.38. The van der Waals surface area contributed by atoms with Crippen LogP contribution in [0.3, 0.4) is 0 Å². The number of benzene rings is 1. The van der Waals surface area contributed by atoms with Crippen LogP contribution in [0.2, 0.25) is 0 Å². The highest BCUT2D eigenvalue weighted by molar-refractivity contribution is 5.52. The van der Waals surface area contributed by atoms with E-state index in [4.69, 9.17) is 9.47 Å². The Bertz CT molecular complexity index is 454. The van der Waals surface area contributed by atoms with Crippen LogP contribution in [0.1, 0.15) is 58.4 Å². The molecule has 3 heteroatoms. The molecule has 1 N–H and O–H groups in total. The molecule has 1 aromatic rings. The molecule has 0 bridgehead atoms. The largest absolute Gasteiger partial charge is 0.504 e. The van der Waals surface area contributed by atoms with Gasteiger partial charge in [-0.25, -0.2) is 0 Å². The van der Waals surface area contributed by atoms with Crippen molar-refractivity contribution >= 4 is 0 Å². The van der Waals surface area contributed by atoms with Crippen LogP contribution in [-0.2, 0) is 5.41 Å². The fourth-order valence-corrected chi connectivity index (χ4v) is 2.76. The van der Waals surface area contributed by atoms with Gasteiger partial charge in [0.25, 0.3) is 0 Å². The monoisotopic (exact) mass is 278 g/mol. The van der Waals surface area contributed by atoms with E-state index in [1.54, 1.807) is 13.2 Å². The minimum absolute atomic E-state index is 0.0519. The van der Waals surface area contributed by atoms with Gasteiger partial charge in [0, 0.05) is 11.6 Å². The van der Waals surface area contributed by atoms with Crippen molar-refractivity contribution in [3.8, 4) is 17.2 Å². The van der Waals surface area contributed by atoms with Crippen molar-refractivity contribution in [2.75, 3.05) is 7.11 Å². The molecule has 1 aliphatic rings. The first-order valence-electron chi connectivity index (χ1n) is 7.50. The molecule has 0 spiro atoms. The molecule has 0 atom stereocenters. The highest BCUT2D eigenvalue weighted by Gasteiger charge is 2.23. The van der Waals surface area contributed by atoms with E-state index >= 15 is 0 Å². The second-order valence-corrected chi connectivity index (χ2v) is 6.65. The van der Waals surface area contributed by atoms with Crippen molar-refractivity contribution in [2.24, 2.45) is 0 Å². The molecule has 0 unspecified atom stereocenters. The van der Waals surface area contributed by atoms with Crippen molar-refractivity contribution in [2.45, 2.75) is 64.4 Å². The van der Waals surface area contributed by atoms with Gasteiger partial charge in [0.05, 0.1) is 13.2 Å². The molecular formula is C17H26O3. The summed E-state index contributed by atoms with van der Waals surface area (Å²) in [5.74, 6) is 1.47. The molecule has 3 nitrogen and oxygen atoms in total. The Morgan fingerprint density at radius 1 is 1.05 bits per heavy atom. The van der Waals surface area contributed by atoms with E-state index in [-0.39, 0.29) is 17.3 Å². The molecule has 0 saturated heterocycles. The predicted molar refractivity (Wildman–Crippen MR) is 80.9 cm³/mol. The molecule has 1 fully saturated rings. The lowest BCUT2D eigenvalue weighted by Crippen LogP contribution is -2.20. The van der Waals surface area contributed by atoms with E-state index in [1.807, 2.05) is 6.07 Å². The zero-order valence-corrected chi connectivity index (χ0v) is 13.0. The fourth-order valence-electron chi connectivity index (χ4n) is 2.76. The smallest absolute Gasteiger partial charge is 0.161 e. The Morgan fingerprint density at radius 3 is 2.25 bits per heavy atom. The molecule has 1 saturated carbocycles. The van der Waals surface area contributed by atoms with Gasteiger partial charge in [-0.05, 0) is 37.2 Å². The zero-order chi connectivity index (χ0) is 14.8. The zero-order valence-electron chi connectivity index (χ0n) is 13.0. The number of phenols is 1. The molecule has 112 valence electrons. The standard InChI is InChI=1S/C17H26O3/c1-17(2,3)13-10-16(14(18)11-15(13)19-4)20-12-8-6-5-7-9-12/h10-12,18H,5-9H2,1-4H3. The SMILES string of the molecule is COc1cc(O)c(OC2CCCCC2)cc1C(C)(C)C. The Balaban J connectivity index is 2.28. The molecular weight excluding hydrogens is 252 g/mol. The summed E-state index contributed by atoms with van der Waals surface area (Å²) in [6.07, 6.45) is 6.12. The summed E-state index contributed by atoms with van der Waals surface area (Å²) < 4.78 is 11.4. The van der Waals surface area contributed by atoms with Crippen molar-refractivity contribution in [3.63, 3.8) is 0 Å². The van der Waals surface area contributed by atoms with E-state index in [0.717, 1.165) is 18.4 Å². The van der Waals surface area contributed by atoms with Crippen LogP contribution in [0.15, 0.2) is 12.1 Å². The maximum Gasteiger partial charge on any atom is 0.161 e. The van der Waals surface area contributed by atoms with Crippen LogP contribution in [0, 0.1) is 0 Å². The highest BCUT2D eigenvalue weighted by Crippen LogP contribution is 2.40. The quantitative estimate of drug-likeness (QED) is 0.890. The maximum absolute atomic E-state index is 10.1. The predicted octanol–water partition coefficient (Wildman–Crippen LogP) is 4.41. The number of hydrogen-bond donors (Lipinski definition) is 1. The molecule has 1 aliphatic carbocycles. The van der Waals surface area contributed by atoms with Crippen LogP contribution in [0.5, 0.6) is 17.2 Å². The number of aromatic hydroxyl groups is 1. The molecule has 0 radical (unpaired) electrons. The van der Waals surface area contributed by atoms with Gasteiger partial charge in [0.15, 0.2) is 11.5 Å². The summed E-state index contributed by atoms with van der Waals surface area (Å²) in [6, 6.07) is 3.60. The van der Waals surface area contributed by atoms with Crippen molar-refractivity contribution in [1.29, 1.82) is 0 Å². The molecule has 2 rings (SSSR count). The van der Waals surface area contributed by atoms with E-state index < -0.39 is 0 Å². The van der Waals surface area contributed by atoms with Crippen molar-refractivity contribution in [3.05, 3.63) is 17.7 Å². The lowest BCUT2D eigenvalue weighted by atomic mass is 9.86. The summed E-state index contributed by atoms with van der Waals surface area (Å²) in [4.78, 5) is 0. The minimum atomic E-state index is -0.0519. The van der Waals surface area contributed by atoms with E-state index in [0.29, 0.717) is 11.5 Å². The third kappa shape index (κ3) is 3.38. The second-order valence-electron chi connectivity index (χ2n) is 6.65. The van der Waals surface area contributed by atoms with E-state index in [9.17, 15) is 5.11 Å². The Labute approximate surface area is 121 Å². The third-order valence-electron chi connectivity index (χ3n) is 3.93. The molecule has 0 amide bonds. The first kappa shape index (κ1) is 15.0. The number of rotatable bonds is 3. The van der Waals surface area contributed by atoms with Gasteiger partial charge < -0.3 is 14.6 Å². The van der Waals surface area contributed by atoms with Crippen LogP contribution in [0.4, 0.5) is 0 Å². The third-order valence-corrected chi connectivity index (χ3v) is 3.93. The molecule has 20 heavy (non-hydrogen) atoms. The normalized spacial score (nSPS) is 17.0. The molecule has 1 aromatic carbocycles. The Kier molecular flexibility index (Phi) is 4.46. The van der Waals surface area contributed by atoms with Crippen molar-refractivity contribution < 1.29 is 14.6 Å². The van der Waals surface area contributed by atoms with E-state index in [1.165, 1.54) is 19.3 Å². The number of hydrogen-bond acceptors (Lipinski definition) is 3. The number of ether oxygens (including phenoxy) is 2. The first-order valence-corrected chi connectivity index (χ1v) is 7.50. The van der Waals surface area contributed by atoms with Crippen molar-refractivity contribution in [1.82, 2.24) is 0 Å². The van der Waals surface area contributed by atoms with Gasteiger partial charge in [-0.2, -0.15) is 0 Å². The van der Waals surface area contributed by atoms with Gasteiger partial charge >= 0.3 is 0 Å².